The summed E-state index contributed by atoms with van der Waals surface area (Å²) in [4.78, 5) is 17.1. The molecule has 1 aliphatic heterocycles. The van der Waals surface area contributed by atoms with Gasteiger partial charge in [-0.3, -0.25) is 4.79 Å². The van der Waals surface area contributed by atoms with Gasteiger partial charge in [0.05, 0.1) is 11.1 Å². The Hall–Kier alpha value is -0.940. The van der Waals surface area contributed by atoms with Crippen molar-refractivity contribution in [1.29, 1.82) is 0 Å². The van der Waals surface area contributed by atoms with Gasteiger partial charge in [0.1, 0.15) is 5.82 Å². The molecule has 1 amide bonds. The molecule has 2 heterocycles. The van der Waals surface area contributed by atoms with Crippen LogP contribution < -0.4 is 10.6 Å². The molecule has 0 spiro atoms. The number of amides is 1. The highest BCUT2D eigenvalue weighted by atomic mass is 79.9. The Bertz CT molecular complexity index is 478. The van der Waals surface area contributed by atoms with Crippen molar-refractivity contribution in [2.24, 2.45) is 5.41 Å². The smallest absolute Gasteiger partial charge is 0.231 e. The molecule has 1 fully saturated rings. The van der Waals surface area contributed by atoms with Gasteiger partial charge in [-0.2, -0.15) is 0 Å². The normalized spacial score (nSPS) is 17.8. The number of aryl methyl sites for hydroxylation is 1. The number of carbonyl (C=O) groups is 1. The summed E-state index contributed by atoms with van der Waals surface area (Å²) in [5.41, 5.74) is 0.653. The molecule has 1 aliphatic rings. The van der Waals surface area contributed by atoms with E-state index in [-0.39, 0.29) is 11.3 Å². The summed E-state index contributed by atoms with van der Waals surface area (Å²) in [6.45, 7) is 5.89. The maximum Gasteiger partial charge on any atom is 0.231 e. The molecular weight excluding hydrogens is 318 g/mol. The second-order valence-corrected chi connectivity index (χ2v) is 6.35. The molecule has 0 aliphatic carbocycles. The second-order valence-electron chi connectivity index (χ2n) is 5.50. The molecule has 1 aromatic rings. The van der Waals surface area contributed by atoms with Crippen LogP contribution in [0.15, 0.2) is 16.6 Å². The molecule has 110 valence electrons. The van der Waals surface area contributed by atoms with Crippen LogP contribution in [0, 0.1) is 12.3 Å². The van der Waals surface area contributed by atoms with Gasteiger partial charge in [0.15, 0.2) is 0 Å². The lowest BCUT2D eigenvalue weighted by Crippen LogP contribution is -2.45. The fourth-order valence-electron chi connectivity index (χ4n) is 2.84. The van der Waals surface area contributed by atoms with Gasteiger partial charge in [-0.1, -0.05) is 13.3 Å². The third-order valence-corrected chi connectivity index (χ3v) is 4.87. The van der Waals surface area contributed by atoms with Crippen LogP contribution in [-0.4, -0.2) is 24.0 Å². The Morgan fingerprint density at radius 2 is 2.15 bits per heavy atom. The zero-order valence-corrected chi connectivity index (χ0v) is 13.7. The van der Waals surface area contributed by atoms with E-state index in [2.05, 4.69) is 38.5 Å². The van der Waals surface area contributed by atoms with Crippen LogP contribution in [0.25, 0.3) is 0 Å². The summed E-state index contributed by atoms with van der Waals surface area (Å²) in [7, 11) is 0. The lowest BCUT2D eigenvalue weighted by atomic mass is 9.74. The zero-order valence-electron chi connectivity index (χ0n) is 12.1. The molecule has 0 saturated carbocycles. The summed E-state index contributed by atoms with van der Waals surface area (Å²) in [6, 6.07) is 3.77. The van der Waals surface area contributed by atoms with Crippen molar-refractivity contribution in [2.45, 2.75) is 39.5 Å². The standard InChI is InChI=1S/C15H22BrN3O/c1-3-6-15(7-9-17-10-8-15)14(20)19-13-5-4-12(16)11(2)18-13/h4-5,17H,3,6-10H2,1-2H3,(H,18,19,20). The third kappa shape index (κ3) is 3.38. The van der Waals surface area contributed by atoms with E-state index in [0.717, 1.165) is 48.9 Å². The number of piperidine rings is 1. The Kier molecular flexibility index (Phi) is 5.16. The van der Waals surface area contributed by atoms with Crippen molar-refractivity contribution in [3.05, 3.63) is 22.3 Å². The average Bonchev–Trinajstić information content (AvgIpc) is 2.44. The highest BCUT2D eigenvalue weighted by molar-refractivity contribution is 9.10. The van der Waals surface area contributed by atoms with Crippen LogP contribution in [0.2, 0.25) is 0 Å². The molecule has 20 heavy (non-hydrogen) atoms. The zero-order chi connectivity index (χ0) is 14.6. The molecule has 5 heteroatoms. The topological polar surface area (TPSA) is 54.0 Å². The van der Waals surface area contributed by atoms with Gasteiger partial charge in [-0.15, -0.1) is 0 Å². The Balaban J connectivity index is 2.13. The summed E-state index contributed by atoms with van der Waals surface area (Å²) >= 11 is 3.42. The van der Waals surface area contributed by atoms with Crippen LogP contribution >= 0.6 is 15.9 Å². The van der Waals surface area contributed by atoms with Crippen molar-refractivity contribution in [3.8, 4) is 0 Å². The Morgan fingerprint density at radius 3 is 2.75 bits per heavy atom. The highest BCUT2D eigenvalue weighted by Gasteiger charge is 2.38. The molecule has 0 unspecified atom stereocenters. The quantitative estimate of drug-likeness (QED) is 0.885. The SMILES string of the molecule is CCCC1(C(=O)Nc2ccc(Br)c(C)n2)CCNCC1. The van der Waals surface area contributed by atoms with Gasteiger partial charge >= 0.3 is 0 Å². The van der Waals surface area contributed by atoms with Gasteiger partial charge in [0.25, 0.3) is 0 Å². The molecule has 4 nitrogen and oxygen atoms in total. The van der Waals surface area contributed by atoms with Crippen molar-refractivity contribution < 1.29 is 4.79 Å². The first-order chi connectivity index (χ1) is 9.57. The highest BCUT2D eigenvalue weighted by Crippen LogP contribution is 2.35. The largest absolute Gasteiger partial charge is 0.317 e. The number of aromatic nitrogens is 1. The maximum atomic E-state index is 12.7. The fraction of sp³-hybridized carbons (Fsp3) is 0.600. The molecule has 2 N–H and O–H groups in total. The first-order valence-electron chi connectivity index (χ1n) is 7.23. The van der Waals surface area contributed by atoms with Gasteiger partial charge in [0.2, 0.25) is 5.91 Å². The average molecular weight is 340 g/mol. The van der Waals surface area contributed by atoms with Crippen molar-refractivity contribution in [2.75, 3.05) is 18.4 Å². The van der Waals surface area contributed by atoms with Crippen molar-refractivity contribution >= 4 is 27.7 Å². The van der Waals surface area contributed by atoms with Crippen molar-refractivity contribution in [1.82, 2.24) is 10.3 Å². The first-order valence-corrected chi connectivity index (χ1v) is 8.02. The summed E-state index contributed by atoms with van der Waals surface area (Å²) in [6.07, 6.45) is 3.78. The van der Waals surface area contributed by atoms with Gasteiger partial charge < -0.3 is 10.6 Å². The minimum Gasteiger partial charge on any atom is -0.317 e. The molecule has 0 atom stereocenters. The number of anilines is 1. The van der Waals surface area contributed by atoms with Gasteiger partial charge in [-0.05, 0) is 67.3 Å². The molecular formula is C15H22BrN3O. The van der Waals surface area contributed by atoms with E-state index in [9.17, 15) is 4.79 Å². The van der Waals surface area contributed by atoms with Crippen LogP contribution in [-0.2, 0) is 4.79 Å². The Morgan fingerprint density at radius 1 is 1.45 bits per heavy atom. The molecule has 1 aromatic heterocycles. The van der Waals surface area contributed by atoms with E-state index in [0.29, 0.717) is 5.82 Å². The first kappa shape index (κ1) is 15.4. The number of halogens is 1. The van der Waals surface area contributed by atoms with E-state index in [1.54, 1.807) is 0 Å². The number of hydrogen-bond donors (Lipinski definition) is 2. The maximum absolute atomic E-state index is 12.7. The minimum atomic E-state index is -0.233. The number of carbonyl (C=O) groups excluding carboxylic acids is 1. The monoisotopic (exact) mass is 339 g/mol. The van der Waals surface area contributed by atoms with E-state index < -0.39 is 0 Å². The van der Waals surface area contributed by atoms with E-state index in [4.69, 9.17) is 0 Å². The van der Waals surface area contributed by atoms with Gasteiger partial charge in [-0.25, -0.2) is 4.98 Å². The number of hydrogen-bond acceptors (Lipinski definition) is 3. The number of rotatable bonds is 4. The predicted octanol–water partition coefficient (Wildman–Crippen LogP) is 3.26. The van der Waals surface area contributed by atoms with Crippen LogP contribution in [0.4, 0.5) is 5.82 Å². The summed E-state index contributed by atoms with van der Waals surface area (Å²) in [5.74, 6) is 0.764. The number of nitrogens with one attached hydrogen (secondary N) is 2. The van der Waals surface area contributed by atoms with Crippen LogP contribution in [0.5, 0.6) is 0 Å². The van der Waals surface area contributed by atoms with Crippen molar-refractivity contribution in [3.63, 3.8) is 0 Å². The summed E-state index contributed by atoms with van der Waals surface area (Å²) < 4.78 is 0.959. The molecule has 2 rings (SSSR count). The minimum absolute atomic E-state index is 0.120. The van der Waals surface area contributed by atoms with E-state index in [1.165, 1.54) is 0 Å². The molecule has 0 aromatic carbocycles. The fourth-order valence-corrected chi connectivity index (χ4v) is 3.06. The molecule has 1 saturated heterocycles. The van der Waals surface area contributed by atoms with Crippen LogP contribution in [0.3, 0.4) is 0 Å². The summed E-state index contributed by atoms with van der Waals surface area (Å²) in [5, 5.41) is 6.34. The third-order valence-electron chi connectivity index (χ3n) is 4.03. The van der Waals surface area contributed by atoms with E-state index in [1.807, 2.05) is 19.1 Å². The Labute approximate surface area is 128 Å². The lowest BCUT2D eigenvalue weighted by molar-refractivity contribution is -0.127. The number of pyridine rings is 1. The van der Waals surface area contributed by atoms with E-state index >= 15 is 0 Å². The van der Waals surface area contributed by atoms with Crippen LogP contribution in [0.1, 0.15) is 38.3 Å². The molecule has 0 radical (unpaired) electrons. The predicted molar refractivity (Wildman–Crippen MR) is 84.7 cm³/mol. The second kappa shape index (κ2) is 6.68. The lowest BCUT2D eigenvalue weighted by Gasteiger charge is -2.36. The number of nitrogens with zero attached hydrogens (tertiary/aromatic N) is 1. The molecule has 0 bridgehead atoms. The van der Waals surface area contributed by atoms with Gasteiger partial charge in [0, 0.05) is 4.47 Å².